The van der Waals surface area contributed by atoms with E-state index in [1.807, 2.05) is 6.07 Å². The van der Waals surface area contributed by atoms with Gasteiger partial charge in [-0.3, -0.25) is 9.36 Å². The molecule has 5 heterocycles. The molecule has 212 valence electrons. The Labute approximate surface area is 238 Å². The topological polar surface area (TPSA) is 140 Å². The number of fused-ring (bicyclic) bond motifs is 1. The van der Waals surface area contributed by atoms with E-state index in [-0.39, 0.29) is 28.9 Å². The summed E-state index contributed by atoms with van der Waals surface area (Å²) in [6.07, 6.45) is -0.572. The van der Waals surface area contributed by atoms with Gasteiger partial charge in [-0.1, -0.05) is 0 Å². The molecule has 0 spiro atoms. The van der Waals surface area contributed by atoms with Crippen molar-refractivity contribution in [2.45, 2.75) is 25.7 Å². The van der Waals surface area contributed by atoms with Crippen LogP contribution in [0.2, 0.25) is 0 Å². The van der Waals surface area contributed by atoms with Crippen LogP contribution in [-0.2, 0) is 4.79 Å². The minimum Gasteiger partial charge on any atom is -0.494 e. The molecule has 1 N–H and O–H groups in total. The monoisotopic (exact) mass is 570 g/mol. The zero-order chi connectivity index (χ0) is 29.5. The molecule has 12 nitrogen and oxygen atoms in total. The Balaban J connectivity index is 1.34. The predicted octanol–water partition coefficient (Wildman–Crippen LogP) is 4.21. The highest BCUT2D eigenvalue weighted by Crippen LogP contribution is 2.34. The second kappa shape index (κ2) is 10.5. The van der Waals surface area contributed by atoms with Gasteiger partial charge in [-0.15, -0.1) is 5.10 Å². The molecule has 6 rings (SSSR count). The van der Waals surface area contributed by atoms with Crippen molar-refractivity contribution in [1.82, 2.24) is 39.4 Å². The van der Waals surface area contributed by atoms with Crippen LogP contribution in [0.15, 0.2) is 48.8 Å². The number of likely N-dealkylation sites (tertiary alicyclic amines) is 1. The molecule has 1 aliphatic rings. The number of hydrogen-bond acceptors (Lipinski definition) is 9. The highest BCUT2D eigenvalue weighted by Gasteiger charge is 2.31. The Hall–Kier alpha value is -5.45. The van der Waals surface area contributed by atoms with Gasteiger partial charge in [-0.05, 0) is 49.7 Å². The van der Waals surface area contributed by atoms with Crippen LogP contribution in [0.3, 0.4) is 0 Å². The van der Waals surface area contributed by atoms with E-state index >= 15 is 0 Å². The van der Waals surface area contributed by atoms with Gasteiger partial charge in [0.25, 0.3) is 6.43 Å². The van der Waals surface area contributed by atoms with Crippen molar-refractivity contribution in [3.8, 4) is 23.5 Å². The number of likely N-dealkylation sites (N-methyl/N-ethyl adjacent to an activating group) is 1. The molecule has 1 saturated heterocycles. The average Bonchev–Trinajstić information content (AvgIpc) is 3.68. The van der Waals surface area contributed by atoms with Crippen molar-refractivity contribution in [1.29, 1.82) is 5.26 Å². The number of hydrogen-bond donors (Lipinski definition) is 1. The molecule has 14 heteroatoms. The fourth-order valence-corrected chi connectivity index (χ4v) is 4.98. The van der Waals surface area contributed by atoms with Gasteiger partial charge in [0.05, 0.1) is 41.0 Å². The number of methoxy groups -OCH3 is 1. The van der Waals surface area contributed by atoms with Crippen LogP contribution in [0, 0.1) is 18.3 Å². The van der Waals surface area contributed by atoms with Gasteiger partial charge in [0, 0.05) is 25.4 Å². The average molecular weight is 571 g/mol. The van der Waals surface area contributed by atoms with Crippen molar-refractivity contribution in [3.63, 3.8) is 0 Å². The first-order valence-electron chi connectivity index (χ1n) is 12.9. The third-order valence-electron chi connectivity index (χ3n) is 7.18. The zero-order valence-corrected chi connectivity index (χ0v) is 22.8. The summed E-state index contributed by atoms with van der Waals surface area (Å²) in [5.74, 6) is 0.900. The van der Waals surface area contributed by atoms with Gasteiger partial charge < -0.3 is 15.0 Å². The van der Waals surface area contributed by atoms with Crippen molar-refractivity contribution in [3.05, 3.63) is 71.4 Å². The van der Waals surface area contributed by atoms with Crippen LogP contribution >= 0.6 is 0 Å². The lowest BCUT2D eigenvalue weighted by Gasteiger charge is -2.14. The lowest BCUT2D eigenvalue weighted by atomic mass is 10.0. The largest absolute Gasteiger partial charge is 0.494 e. The second-order valence-corrected chi connectivity index (χ2v) is 9.80. The molecule has 0 radical (unpaired) electrons. The number of benzene rings is 1. The van der Waals surface area contributed by atoms with Gasteiger partial charge in [-0.2, -0.15) is 15.5 Å². The summed E-state index contributed by atoms with van der Waals surface area (Å²) < 4.78 is 36.3. The van der Waals surface area contributed by atoms with Crippen LogP contribution in [0.25, 0.3) is 22.7 Å². The van der Waals surface area contributed by atoms with E-state index in [0.29, 0.717) is 58.5 Å². The van der Waals surface area contributed by atoms with E-state index in [1.54, 1.807) is 47.7 Å². The fraction of sp³-hybridized carbons (Fsp3) is 0.250. The number of carbonyl (C=O) groups is 1. The molecule has 4 aromatic heterocycles. The summed E-state index contributed by atoms with van der Waals surface area (Å²) in [4.78, 5) is 23.0. The highest BCUT2D eigenvalue weighted by atomic mass is 19.3. The molecule has 0 aliphatic carbocycles. The number of nitrogens with one attached hydrogen (secondary N) is 1. The number of halogens is 2. The minimum atomic E-state index is -2.80. The van der Waals surface area contributed by atoms with E-state index in [1.165, 1.54) is 36.3 Å². The predicted molar refractivity (Wildman–Crippen MR) is 147 cm³/mol. The van der Waals surface area contributed by atoms with Crippen LogP contribution in [0.5, 0.6) is 5.75 Å². The fourth-order valence-electron chi connectivity index (χ4n) is 4.98. The number of amides is 1. The first-order valence-corrected chi connectivity index (χ1v) is 12.9. The number of nitriles is 1. The van der Waals surface area contributed by atoms with E-state index in [2.05, 4.69) is 30.6 Å². The van der Waals surface area contributed by atoms with Gasteiger partial charge in [0.1, 0.15) is 24.0 Å². The van der Waals surface area contributed by atoms with E-state index in [0.717, 1.165) is 0 Å². The van der Waals surface area contributed by atoms with Gasteiger partial charge in [0.15, 0.2) is 17.3 Å². The van der Waals surface area contributed by atoms with E-state index in [4.69, 9.17) is 4.74 Å². The maximum absolute atomic E-state index is 13.9. The number of alkyl halides is 2. The Morgan fingerprint density at radius 1 is 1.17 bits per heavy atom. The number of anilines is 2. The summed E-state index contributed by atoms with van der Waals surface area (Å²) in [6.45, 7) is 2.35. The smallest absolute Gasteiger partial charge is 0.267 e. The third-order valence-corrected chi connectivity index (χ3v) is 7.18. The maximum atomic E-state index is 13.9. The van der Waals surface area contributed by atoms with Crippen molar-refractivity contribution < 1.29 is 18.3 Å². The number of nitrogens with zero attached hydrogens (tertiary/aromatic N) is 9. The lowest BCUT2D eigenvalue weighted by Crippen LogP contribution is -2.22. The van der Waals surface area contributed by atoms with Crippen molar-refractivity contribution >= 4 is 28.4 Å². The lowest BCUT2D eigenvalue weighted by molar-refractivity contribution is -0.127. The first-order chi connectivity index (χ1) is 20.3. The molecule has 0 bridgehead atoms. The normalized spacial score (nSPS) is 15.0. The molecular weight excluding hydrogens is 546 g/mol. The highest BCUT2D eigenvalue weighted by molar-refractivity contribution is 5.86. The van der Waals surface area contributed by atoms with Crippen LogP contribution in [0.4, 0.5) is 20.3 Å². The summed E-state index contributed by atoms with van der Waals surface area (Å²) in [5.41, 5.74) is 2.65. The van der Waals surface area contributed by atoms with Crippen molar-refractivity contribution in [2.75, 3.05) is 26.0 Å². The summed E-state index contributed by atoms with van der Waals surface area (Å²) in [7, 11) is 3.29. The van der Waals surface area contributed by atoms with Crippen LogP contribution in [-0.4, -0.2) is 66.0 Å². The number of imidazole rings is 1. The molecule has 1 atom stereocenters. The number of ether oxygens (including phenoxy) is 1. The number of aromatic nitrogens is 7. The standard InChI is InChI=1S/C28H24F2N10O2/c1-15-10-16(13-31)37-40(15)27-18(26(29)30)4-7-25(34-27)39-14-32-20-11-21(23(42-3)12-22(20)39)33-24-6-5-19(35-36-24)17-8-9-38(2)28(17)41/h4-7,10-12,14,17,26H,8-9H2,1-3H3,(H,33,36)/t17-/m0/s1. The Bertz CT molecular complexity index is 1860. The SMILES string of the molecule is COc1cc2c(cc1Nc1ccc([C@@H]3CCN(C)C3=O)nn1)ncn2-c1ccc(C(F)F)c(-n2nc(C#N)cc2C)n1. The number of carbonyl (C=O) groups excluding carboxylic acids is 1. The van der Waals surface area contributed by atoms with Gasteiger partial charge in [0.2, 0.25) is 5.91 Å². The maximum Gasteiger partial charge on any atom is 0.267 e. The number of aryl methyl sites for hydroxylation is 1. The van der Waals surface area contributed by atoms with Gasteiger partial charge in [-0.25, -0.2) is 23.4 Å². The molecule has 0 unspecified atom stereocenters. The van der Waals surface area contributed by atoms with Crippen molar-refractivity contribution in [2.24, 2.45) is 0 Å². The van der Waals surface area contributed by atoms with Crippen LogP contribution in [0.1, 0.15) is 41.4 Å². The molecule has 1 aromatic carbocycles. The number of rotatable bonds is 7. The molecular formula is C28H24F2N10O2. The van der Waals surface area contributed by atoms with Crippen LogP contribution < -0.4 is 10.1 Å². The van der Waals surface area contributed by atoms with E-state index in [9.17, 15) is 18.8 Å². The van der Waals surface area contributed by atoms with Gasteiger partial charge >= 0.3 is 0 Å². The molecule has 0 saturated carbocycles. The van der Waals surface area contributed by atoms with E-state index < -0.39 is 6.43 Å². The Morgan fingerprint density at radius 3 is 2.64 bits per heavy atom. The minimum absolute atomic E-state index is 0.0323. The Morgan fingerprint density at radius 2 is 2.00 bits per heavy atom. The summed E-state index contributed by atoms with van der Waals surface area (Å²) >= 11 is 0. The molecule has 42 heavy (non-hydrogen) atoms. The number of pyridine rings is 1. The first kappa shape index (κ1) is 26.8. The summed E-state index contributed by atoms with van der Waals surface area (Å²) in [5, 5.41) is 25.0. The summed E-state index contributed by atoms with van der Waals surface area (Å²) in [6, 6.07) is 13.2. The second-order valence-electron chi connectivity index (χ2n) is 9.80. The molecule has 1 aliphatic heterocycles. The third kappa shape index (κ3) is 4.64. The molecule has 5 aromatic rings. The molecule has 1 fully saturated rings. The zero-order valence-electron chi connectivity index (χ0n) is 22.8. The molecule has 1 amide bonds. The Kier molecular flexibility index (Phi) is 6.69. The quantitative estimate of drug-likeness (QED) is 0.305.